The van der Waals surface area contributed by atoms with Crippen LogP contribution in [0.1, 0.15) is 100 Å². The predicted octanol–water partition coefficient (Wildman–Crippen LogP) is 17.0. The third-order valence-corrected chi connectivity index (χ3v) is 13.5. The summed E-state index contributed by atoms with van der Waals surface area (Å²) in [6.45, 7) is 3.19. The first-order chi connectivity index (χ1) is 39.1. The van der Waals surface area contributed by atoms with E-state index in [0.717, 1.165) is 28.6 Å². The van der Waals surface area contributed by atoms with E-state index < -0.39 is 195 Å². The molecular weight excluding hydrogens is 1200 g/mol. The van der Waals surface area contributed by atoms with Gasteiger partial charge in [0.1, 0.15) is 6.15 Å². The van der Waals surface area contributed by atoms with Crippen LogP contribution < -0.4 is 31.2 Å². The monoisotopic (exact) mass is 1240 g/mol. The van der Waals surface area contributed by atoms with Gasteiger partial charge in [-0.15, -0.1) is 0 Å². The smallest absolute Gasteiger partial charge is 0.416 e. The Hall–Kier alpha value is -7.42. The van der Waals surface area contributed by atoms with Gasteiger partial charge in [-0.05, 0) is 42.1 Å². The van der Waals surface area contributed by atoms with Gasteiger partial charge in [0.2, 0.25) is 12.3 Å². The Morgan fingerprint density at radius 3 is 1.02 bits per heavy atom. The van der Waals surface area contributed by atoms with Crippen molar-refractivity contribution in [1.82, 2.24) is 0 Å². The second kappa shape index (κ2) is 24.9. The number of benzene rings is 6. The van der Waals surface area contributed by atoms with Gasteiger partial charge in [-0.3, -0.25) is 4.79 Å². The molecule has 1 heterocycles. The summed E-state index contributed by atoms with van der Waals surface area (Å²) >= 11 is 0. The number of Topliss-reactive ketones (excluding diaryl/α,β-unsaturated/α-hetero) is 1. The highest BCUT2D eigenvalue weighted by molar-refractivity contribution is 7.20. The molecule has 28 heteroatoms. The molecule has 0 aliphatic rings. The number of ketones is 1. The van der Waals surface area contributed by atoms with Gasteiger partial charge in [0.25, 0.3) is 0 Å². The minimum atomic E-state index is -6.13. The van der Waals surface area contributed by atoms with Crippen LogP contribution in [0.25, 0.3) is 10.8 Å². The summed E-state index contributed by atoms with van der Waals surface area (Å²) in [6.07, 6.45) is -45.5. The van der Waals surface area contributed by atoms with Crippen LogP contribution >= 0.6 is 0 Å². The van der Waals surface area contributed by atoms with Crippen LogP contribution in [0.15, 0.2) is 140 Å². The second-order valence-electron chi connectivity index (χ2n) is 19.5. The number of halogens is 24. The standard InChI is InChI=1S/C32H12BF24.C25H30NO2/c34-25(35,36)13-1-14(26(37,38)39)6-21(5-13)33(22-7-15(27(40,41)42)2-16(8-22)28(43,44)45,23-9-17(29(46,47)48)3-18(10-23)30(49,50)51)24-11-19(31(52,53)54)4-20(12-24)32(55,56)57;1-2-3-4-5-6-12-19-28-25-23-16-11-10-13-21(23)17-18-26(25)20-24(27)22-14-8-7-9-15-22/h1-12H;7-11,13-18H,2-6,12,19-20H2,1H3/q-1;+1. The van der Waals surface area contributed by atoms with Gasteiger partial charge in [0, 0.05) is 11.6 Å². The molecule has 0 amide bonds. The average Bonchev–Trinajstić information content (AvgIpc) is 0.803. The molecule has 0 spiro atoms. The fourth-order valence-corrected chi connectivity index (χ4v) is 9.51. The Morgan fingerprint density at radius 1 is 0.388 bits per heavy atom. The molecule has 458 valence electrons. The Bertz CT molecular complexity index is 3030. The van der Waals surface area contributed by atoms with E-state index in [4.69, 9.17) is 4.74 Å². The summed E-state index contributed by atoms with van der Waals surface area (Å²) in [5.74, 6) is 0.876. The molecule has 0 aliphatic heterocycles. The number of rotatable bonds is 15. The first kappa shape index (κ1) is 66.7. The molecule has 3 nitrogen and oxygen atoms in total. The van der Waals surface area contributed by atoms with Crippen LogP contribution in [0, 0.1) is 0 Å². The number of carbonyl (C=O) groups excluding carboxylic acids is 1. The SMILES string of the molecule is CCCCCCCCOc1c2ccccc2cc[n+]1CC(=O)c1ccccc1.FC(F)(F)c1cc([B-](c2cc(C(F)(F)F)cc(C(F)(F)F)c2)(c2cc(C(F)(F)F)cc(C(F)(F)F)c2)c2cc(C(F)(F)F)cc(C(F)(F)F)c2)cc(C(F)(F)F)c1. The normalized spacial score (nSPS) is 13.2. The predicted molar refractivity (Wildman–Crippen MR) is 264 cm³/mol. The fourth-order valence-electron chi connectivity index (χ4n) is 9.51. The van der Waals surface area contributed by atoms with Crippen LogP contribution in [-0.4, -0.2) is 18.5 Å². The molecule has 0 saturated carbocycles. The molecule has 0 aliphatic carbocycles. The number of nitrogens with zero attached hydrogens (tertiary/aromatic N) is 1. The summed E-state index contributed by atoms with van der Waals surface area (Å²) in [4.78, 5) is 12.7. The second-order valence-corrected chi connectivity index (χ2v) is 19.5. The van der Waals surface area contributed by atoms with Crippen molar-refractivity contribution in [2.75, 3.05) is 6.61 Å². The summed E-state index contributed by atoms with van der Waals surface area (Å²) in [5, 5.41) is 2.18. The minimum Gasteiger partial charge on any atom is -0.444 e. The number of hydrogen-bond acceptors (Lipinski definition) is 2. The number of fused-ring (bicyclic) bond motifs is 1. The lowest BCUT2D eigenvalue weighted by atomic mass is 9.12. The van der Waals surface area contributed by atoms with Crippen molar-refractivity contribution in [2.45, 2.75) is 101 Å². The summed E-state index contributed by atoms with van der Waals surface area (Å²) in [7, 11) is 0. The van der Waals surface area contributed by atoms with E-state index in [2.05, 4.69) is 19.1 Å². The summed E-state index contributed by atoms with van der Waals surface area (Å²) in [5.41, 5.74) is -29.5. The highest BCUT2D eigenvalue weighted by atomic mass is 19.4. The van der Waals surface area contributed by atoms with Crippen molar-refractivity contribution in [1.29, 1.82) is 0 Å². The Kier molecular flexibility index (Phi) is 19.5. The molecule has 0 N–H and O–H groups in total. The first-order valence-corrected chi connectivity index (χ1v) is 25.0. The van der Waals surface area contributed by atoms with Crippen molar-refractivity contribution in [2.24, 2.45) is 0 Å². The molecule has 7 aromatic rings. The molecule has 6 aromatic carbocycles. The van der Waals surface area contributed by atoms with Gasteiger partial charge in [-0.1, -0.05) is 136 Å². The van der Waals surface area contributed by atoms with Gasteiger partial charge in [-0.25, -0.2) is 0 Å². The average molecular weight is 1240 g/mol. The maximum atomic E-state index is 14.2. The van der Waals surface area contributed by atoms with E-state index in [1.165, 1.54) is 32.1 Å². The van der Waals surface area contributed by atoms with Crippen molar-refractivity contribution in [3.05, 3.63) is 190 Å². The van der Waals surface area contributed by atoms with E-state index in [1.807, 2.05) is 59.3 Å². The van der Waals surface area contributed by atoms with Crippen molar-refractivity contribution in [3.63, 3.8) is 0 Å². The lowest BCUT2D eigenvalue weighted by molar-refractivity contribution is -0.687. The maximum Gasteiger partial charge on any atom is 0.416 e. The van der Waals surface area contributed by atoms with Crippen LogP contribution in [0.2, 0.25) is 0 Å². The highest BCUT2D eigenvalue weighted by Gasteiger charge is 2.47. The largest absolute Gasteiger partial charge is 0.444 e. The van der Waals surface area contributed by atoms with Gasteiger partial charge in [-0.2, -0.15) is 132 Å². The lowest BCUT2D eigenvalue weighted by Gasteiger charge is -2.46. The van der Waals surface area contributed by atoms with E-state index >= 15 is 0 Å². The van der Waals surface area contributed by atoms with Gasteiger partial charge in [0.15, 0.2) is 6.20 Å². The molecule has 0 unspecified atom stereocenters. The molecule has 7 rings (SSSR count). The van der Waals surface area contributed by atoms with Gasteiger partial charge in [0.05, 0.1) is 56.5 Å². The van der Waals surface area contributed by atoms with Crippen LogP contribution in [0.4, 0.5) is 105 Å². The molecule has 0 bridgehead atoms. The van der Waals surface area contributed by atoms with Crippen LogP contribution in [0.3, 0.4) is 0 Å². The zero-order valence-corrected chi connectivity index (χ0v) is 43.3. The molecule has 1 aromatic heterocycles. The Labute approximate surface area is 466 Å². The number of pyridine rings is 1. The number of carbonyl (C=O) groups is 1. The zero-order chi connectivity index (χ0) is 63.5. The molecule has 85 heavy (non-hydrogen) atoms. The number of alkyl halides is 24. The maximum absolute atomic E-state index is 14.2. The third kappa shape index (κ3) is 16.3. The van der Waals surface area contributed by atoms with Gasteiger partial charge < -0.3 is 4.74 Å². The number of unbranched alkanes of at least 4 members (excludes halogenated alkanes) is 5. The van der Waals surface area contributed by atoms with E-state index in [1.54, 1.807) is 0 Å². The Balaban J connectivity index is 0.000000343. The third-order valence-electron chi connectivity index (χ3n) is 13.5. The quantitative estimate of drug-likeness (QED) is 0.0337. The highest BCUT2D eigenvalue weighted by Crippen LogP contribution is 2.42. The first-order valence-electron chi connectivity index (χ1n) is 25.0. The molecule has 0 atom stereocenters. The van der Waals surface area contributed by atoms with E-state index in [0.29, 0.717) is 6.61 Å². The fraction of sp³-hybridized carbons (Fsp3) is 0.298. The molecule has 0 radical (unpaired) electrons. The number of aromatic nitrogens is 1. The van der Waals surface area contributed by atoms with Crippen LogP contribution in [0.5, 0.6) is 5.88 Å². The van der Waals surface area contributed by atoms with Crippen molar-refractivity contribution >= 4 is 44.6 Å². The van der Waals surface area contributed by atoms with Crippen molar-refractivity contribution < 1.29 is 119 Å². The van der Waals surface area contributed by atoms with Gasteiger partial charge >= 0.3 is 55.3 Å². The molecular formula is C57H42BF24NO2. The van der Waals surface area contributed by atoms with Crippen molar-refractivity contribution in [3.8, 4) is 5.88 Å². The van der Waals surface area contributed by atoms with Crippen LogP contribution in [-0.2, 0) is 56.0 Å². The molecule has 0 saturated heterocycles. The zero-order valence-electron chi connectivity index (χ0n) is 43.3. The number of hydrogen-bond donors (Lipinski definition) is 0. The summed E-state index contributed by atoms with van der Waals surface area (Å²) in [6, 6.07) is 10.9. The lowest BCUT2D eigenvalue weighted by Crippen LogP contribution is -2.75. The van der Waals surface area contributed by atoms with E-state index in [-0.39, 0.29) is 12.3 Å². The summed E-state index contributed by atoms with van der Waals surface area (Å²) < 4.78 is 349. The Morgan fingerprint density at radius 2 is 0.694 bits per heavy atom. The number of ether oxygens (including phenoxy) is 1. The van der Waals surface area contributed by atoms with E-state index in [9.17, 15) is 110 Å². The minimum absolute atomic E-state index is 0.0882. The molecule has 0 fully saturated rings. The topological polar surface area (TPSA) is 30.2 Å².